The fourth-order valence-corrected chi connectivity index (χ4v) is 1.42. The van der Waals surface area contributed by atoms with Gasteiger partial charge < -0.3 is 32.9 Å². The molecule has 0 aromatic rings. The monoisotopic (exact) mass is 364 g/mol. The fraction of sp³-hybridized carbons (Fsp3) is 0. The Balaban J connectivity index is -0.0000000320. The van der Waals surface area contributed by atoms with Gasteiger partial charge in [0.1, 0.15) is 9.05 Å². The SMILES string of the molecule is [K+].[K+].[K+].[K+].[K+].[O-][Si]([O-])([O-])O[Si]([O-])([O-])O. The molecule has 7 nitrogen and oxygen atoms in total. The smallest absolute Gasteiger partial charge is 0.862 e. The first-order chi connectivity index (χ1) is 3.71. The maximum Gasteiger partial charge on any atom is 1.00 e. The molecule has 14 heavy (non-hydrogen) atoms. The standard InChI is InChI=1S/5K.HO7Si2/c;;;;;1-8(2,3)7-9(4,5)6/h;;;;;1H/q5*+1;-5. The first-order valence-electron chi connectivity index (χ1n) is 1.65. The van der Waals surface area contributed by atoms with Gasteiger partial charge in [0.15, 0.2) is 0 Å². The van der Waals surface area contributed by atoms with Crippen molar-refractivity contribution in [3.05, 3.63) is 0 Å². The van der Waals surface area contributed by atoms with E-state index in [1.807, 2.05) is 0 Å². The first kappa shape index (κ1) is 38.1. The van der Waals surface area contributed by atoms with E-state index >= 15 is 0 Å². The van der Waals surface area contributed by atoms with Crippen LogP contribution >= 0.6 is 0 Å². The second-order valence-corrected chi connectivity index (χ2v) is 3.99. The summed E-state index contributed by atoms with van der Waals surface area (Å²) in [5.74, 6) is 0. The second kappa shape index (κ2) is 19.4. The summed E-state index contributed by atoms with van der Waals surface area (Å²) in [4.78, 5) is 54.7. The van der Waals surface area contributed by atoms with Crippen molar-refractivity contribution in [3.8, 4) is 0 Å². The van der Waals surface area contributed by atoms with Gasteiger partial charge in [0.05, 0.1) is 0 Å². The minimum Gasteiger partial charge on any atom is -0.862 e. The van der Waals surface area contributed by atoms with Crippen LogP contribution in [0.25, 0.3) is 0 Å². The van der Waals surface area contributed by atoms with Gasteiger partial charge in [-0.2, -0.15) is 0 Å². The zero-order chi connectivity index (χ0) is 7.71. The summed E-state index contributed by atoms with van der Waals surface area (Å²) in [6.07, 6.45) is 0. The Morgan fingerprint density at radius 2 is 0.929 bits per heavy atom. The molecule has 0 atom stereocenters. The van der Waals surface area contributed by atoms with Gasteiger partial charge in [0.25, 0.3) is 0 Å². The summed E-state index contributed by atoms with van der Waals surface area (Å²) >= 11 is 0. The van der Waals surface area contributed by atoms with Gasteiger partial charge in [0, 0.05) is 0 Å². The normalized spacial score (nSPS) is 9.00. The molecule has 0 saturated heterocycles. The molecule has 0 aliphatic carbocycles. The predicted molar refractivity (Wildman–Crippen MR) is 14.8 cm³/mol. The molecule has 0 aliphatic rings. The molecule has 56 valence electrons. The summed E-state index contributed by atoms with van der Waals surface area (Å²) in [6, 6.07) is 0. The Kier molecular flexibility index (Phi) is 52.7. The van der Waals surface area contributed by atoms with Crippen LogP contribution in [0.5, 0.6) is 0 Å². The molecule has 0 heterocycles. The molecular weight excluding hydrogens is 364 g/mol. The van der Waals surface area contributed by atoms with Gasteiger partial charge in [-0.05, 0) is 0 Å². The van der Waals surface area contributed by atoms with Crippen molar-refractivity contribution in [2.75, 3.05) is 0 Å². The molecule has 0 spiro atoms. The molecule has 0 aromatic heterocycles. The van der Waals surface area contributed by atoms with Gasteiger partial charge >= 0.3 is 257 Å². The van der Waals surface area contributed by atoms with Crippen molar-refractivity contribution in [3.63, 3.8) is 0 Å². The largest absolute Gasteiger partial charge is 1.00 e. The van der Waals surface area contributed by atoms with Gasteiger partial charge in [-0.15, -0.1) is 9.05 Å². The Hall–Kier alpha value is 8.34. The Bertz CT molecular complexity index is 85.2. The van der Waals surface area contributed by atoms with E-state index in [4.69, 9.17) is 4.80 Å². The van der Waals surface area contributed by atoms with Crippen molar-refractivity contribution >= 4 is 18.1 Å². The maximum atomic E-state index is 9.47. The molecule has 0 unspecified atom stereocenters. The van der Waals surface area contributed by atoms with Gasteiger partial charge in [-0.3, -0.25) is 0 Å². The van der Waals surface area contributed by atoms with E-state index in [1.54, 1.807) is 0 Å². The molecular formula is HK5O7Si2. The number of hydrogen-bond acceptors (Lipinski definition) is 7. The van der Waals surface area contributed by atoms with Gasteiger partial charge in [-0.25, -0.2) is 0 Å². The fourth-order valence-electron chi connectivity index (χ4n) is 0.158. The Labute approximate surface area is 297 Å². The molecule has 0 fully saturated rings. The van der Waals surface area contributed by atoms with E-state index in [0.29, 0.717) is 0 Å². The molecule has 0 bridgehead atoms. The van der Waals surface area contributed by atoms with Crippen LogP contribution < -0.4 is 281 Å². The van der Waals surface area contributed by atoms with E-state index in [2.05, 4.69) is 4.12 Å². The van der Waals surface area contributed by atoms with Crippen LogP contribution in [0.3, 0.4) is 0 Å². The number of rotatable bonds is 2. The molecule has 14 heteroatoms. The summed E-state index contributed by atoms with van der Waals surface area (Å²) in [5.41, 5.74) is 0. The average Bonchev–Trinajstić information content (AvgIpc) is 1.14. The summed E-state index contributed by atoms with van der Waals surface area (Å²) in [5, 5.41) is 0. The zero-order valence-corrected chi connectivity index (χ0v) is 26.5. The molecule has 1 N–H and O–H groups in total. The van der Waals surface area contributed by atoms with E-state index in [-0.39, 0.29) is 257 Å². The molecule has 0 radical (unpaired) electrons. The minimum absolute atomic E-state index is 0. The van der Waals surface area contributed by atoms with Crippen LogP contribution in [0.1, 0.15) is 0 Å². The van der Waals surface area contributed by atoms with Crippen LogP contribution in [-0.4, -0.2) is 22.9 Å². The minimum atomic E-state index is -5.86. The topological polar surface area (TPSA) is 145 Å². The zero-order valence-electron chi connectivity index (χ0n) is 8.90. The third kappa shape index (κ3) is 37.0. The van der Waals surface area contributed by atoms with Crippen molar-refractivity contribution < 1.29 is 290 Å². The quantitative estimate of drug-likeness (QED) is 0.479. The maximum absolute atomic E-state index is 9.47. The van der Waals surface area contributed by atoms with Crippen LogP contribution in [0.4, 0.5) is 0 Å². The molecule has 0 saturated carbocycles. The summed E-state index contributed by atoms with van der Waals surface area (Å²) in [7, 11) is -11.5. The molecule has 0 aliphatic heterocycles. The van der Waals surface area contributed by atoms with Crippen molar-refractivity contribution in [1.82, 2.24) is 0 Å². The predicted octanol–water partition coefficient (Wildman–Crippen LogP) is -22.3. The van der Waals surface area contributed by atoms with Crippen LogP contribution in [0, 0.1) is 0 Å². The third-order valence-electron chi connectivity index (χ3n) is 0.254. The average molecular weight is 365 g/mol. The van der Waals surface area contributed by atoms with Crippen LogP contribution in [0.2, 0.25) is 0 Å². The summed E-state index contributed by atoms with van der Waals surface area (Å²) < 4.78 is 2.68. The van der Waals surface area contributed by atoms with E-state index in [1.165, 1.54) is 0 Å². The van der Waals surface area contributed by atoms with E-state index in [0.717, 1.165) is 0 Å². The van der Waals surface area contributed by atoms with E-state index < -0.39 is 18.1 Å². The molecule has 0 aromatic carbocycles. The Morgan fingerprint density at radius 3 is 0.929 bits per heavy atom. The molecule has 0 rings (SSSR count). The van der Waals surface area contributed by atoms with Gasteiger partial charge in [0.2, 0.25) is 0 Å². The van der Waals surface area contributed by atoms with Gasteiger partial charge in [-0.1, -0.05) is 0 Å². The summed E-state index contributed by atoms with van der Waals surface area (Å²) in [6.45, 7) is 0. The van der Waals surface area contributed by atoms with Crippen molar-refractivity contribution in [2.45, 2.75) is 0 Å². The first-order valence-corrected chi connectivity index (χ1v) is 4.96. The Morgan fingerprint density at radius 1 is 0.714 bits per heavy atom. The van der Waals surface area contributed by atoms with Crippen molar-refractivity contribution in [1.29, 1.82) is 0 Å². The molecule has 0 amide bonds. The van der Waals surface area contributed by atoms with E-state index in [9.17, 15) is 24.0 Å². The second-order valence-electron chi connectivity index (χ2n) is 1.13. The third-order valence-corrected chi connectivity index (χ3v) is 2.29. The van der Waals surface area contributed by atoms with Crippen molar-refractivity contribution in [2.24, 2.45) is 0 Å². The number of hydrogen-bond donors (Lipinski definition) is 1. The van der Waals surface area contributed by atoms with Crippen LogP contribution in [0.15, 0.2) is 0 Å². The van der Waals surface area contributed by atoms with Crippen LogP contribution in [-0.2, 0) is 4.12 Å².